The Bertz CT molecular complexity index is 811. The monoisotopic (exact) mass is 350 g/mol. The first-order chi connectivity index (χ1) is 12.5. The maximum absolute atomic E-state index is 12.8. The Hall–Kier alpha value is -2.62. The molecule has 4 nitrogen and oxygen atoms in total. The molecule has 1 heterocycles. The first kappa shape index (κ1) is 18.2. The molecule has 1 fully saturated rings. The van der Waals surface area contributed by atoms with E-state index in [-0.39, 0.29) is 18.2 Å². The summed E-state index contributed by atoms with van der Waals surface area (Å²) in [7, 11) is 0. The molecule has 1 aliphatic heterocycles. The van der Waals surface area contributed by atoms with Gasteiger partial charge in [-0.3, -0.25) is 9.59 Å². The number of anilines is 2. The molecule has 1 N–H and O–H groups in total. The third kappa shape index (κ3) is 3.79. The summed E-state index contributed by atoms with van der Waals surface area (Å²) < 4.78 is 0. The molecule has 1 aliphatic rings. The number of nitrogens with one attached hydrogen (secondary N) is 1. The van der Waals surface area contributed by atoms with Crippen molar-refractivity contribution < 1.29 is 9.59 Å². The van der Waals surface area contributed by atoms with Crippen LogP contribution in [0.25, 0.3) is 0 Å². The fraction of sp³-hybridized carbons (Fsp3) is 0.364. The van der Waals surface area contributed by atoms with Gasteiger partial charge in [-0.15, -0.1) is 0 Å². The largest absolute Gasteiger partial charge is 0.373 e. The van der Waals surface area contributed by atoms with Crippen molar-refractivity contribution in [3.63, 3.8) is 0 Å². The fourth-order valence-electron chi connectivity index (χ4n) is 3.40. The van der Waals surface area contributed by atoms with E-state index in [1.54, 1.807) is 0 Å². The van der Waals surface area contributed by atoms with Gasteiger partial charge >= 0.3 is 0 Å². The summed E-state index contributed by atoms with van der Waals surface area (Å²) in [4.78, 5) is 26.6. The first-order valence-corrected chi connectivity index (χ1v) is 9.29. The second-order valence-electron chi connectivity index (χ2n) is 7.06. The van der Waals surface area contributed by atoms with Gasteiger partial charge in [0.2, 0.25) is 5.91 Å². The van der Waals surface area contributed by atoms with Crippen molar-refractivity contribution in [3.8, 4) is 0 Å². The van der Waals surface area contributed by atoms with Crippen LogP contribution in [0.1, 0.15) is 42.9 Å². The molecule has 3 rings (SSSR count). The molecular weight excluding hydrogens is 324 g/mol. The Labute approximate surface area is 155 Å². The van der Waals surface area contributed by atoms with E-state index in [0.29, 0.717) is 5.69 Å². The number of carbonyl (C=O) groups is 2. The normalized spacial score (nSPS) is 17.0. The maximum Gasteiger partial charge on any atom is 0.256 e. The lowest BCUT2D eigenvalue weighted by molar-refractivity contribution is -0.121. The van der Waals surface area contributed by atoms with E-state index < -0.39 is 6.04 Å². The number of nitrogens with zero attached hydrogens (tertiary/aromatic N) is 1. The number of carbonyl (C=O) groups excluding carboxylic acids is 2. The van der Waals surface area contributed by atoms with Gasteiger partial charge in [0.1, 0.15) is 6.04 Å². The van der Waals surface area contributed by atoms with Gasteiger partial charge in [0.25, 0.3) is 5.91 Å². The van der Waals surface area contributed by atoms with Gasteiger partial charge in [0, 0.05) is 5.69 Å². The Kier molecular flexibility index (Phi) is 5.40. The first-order valence-electron chi connectivity index (χ1n) is 9.29. The zero-order valence-corrected chi connectivity index (χ0v) is 15.7. The standard InChI is InChI=1S/C22H26N2O2/c1-4-5-6-17-8-10-18(11-9-17)23-19-14-21(25)24(22(19)26)20-12-7-15(2)13-16(20)3/h7-13,19,23H,4-6,14H2,1-3H3. The van der Waals surface area contributed by atoms with E-state index in [0.717, 1.165) is 23.2 Å². The highest BCUT2D eigenvalue weighted by atomic mass is 16.2. The van der Waals surface area contributed by atoms with Crippen LogP contribution < -0.4 is 10.2 Å². The topological polar surface area (TPSA) is 49.4 Å². The van der Waals surface area contributed by atoms with Crippen LogP contribution >= 0.6 is 0 Å². The van der Waals surface area contributed by atoms with Crippen molar-refractivity contribution in [3.05, 3.63) is 59.2 Å². The minimum Gasteiger partial charge on any atom is -0.373 e. The van der Waals surface area contributed by atoms with Gasteiger partial charge in [-0.25, -0.2) is 4.90 Å². The highest BCUT2D eigenvalue weighted by molar-refractivity contribution is 6.23. The van der Waals surface area contributed by atoms with Crippen LogP contribution in [0.5, 0.6) is 0 Å². The molecule has 26 heavy (non-hydrogen) atoms. The molecule has 0 aliphatic carbocycles. The molecule has 0 saturated carbocycles. The van der Waals surface area contributed by atoms with Gasteiger partial charge in [-0.2, -0.15) is 0 Å². The highest BCUT2D eigenvalue weighted by Crippen LogP contribution is 2.28. The van der Waals surface area contributed by atoms with Crippen LogP contribution in [-0.4, -0.2) is 17.9 Å². The molecule has 2 aromatic carbocycles. The van der Waals surface area contributed by atoms with Crippen molar-refractivity contribution in [2.45, 2.75) is 52.5 Å². The summed E-state index contributed by atoms with van der Waals surface area (Å²) in [6.07, 6.45) is 3.60. The quantitative estimate of drug-likeness (QED) is 0.786. The van der Waals surface area contributed by atoms with E-state index in [1.165, 1.54) is 23.3 Å². The van der Waals surface area contributed by atoms with Crippen molar-refractivity contribution in [2.75, 3.05) is 10.2 Å². The Balaban J connectivity index is 1.72. The molecule has 4 heteroatoms. The van der Waals surface area contributed by atoms with Crippen LogP contribution in [0.3, 0.4) is 0 Å². The van der Waals surface area contributed by atoms with E-state index >= 15 is 0 Å². The van der Waals surface area contributed by atoms with Crippen LogP contribution in [0.2, 0.25) is 0 Å². The number of hydrogen-bond donors (Lipinski definition) is 1. The molecule has 1 saturated heterocycles. The number of hydrogen-bond acceptors (Lipinski definition) is 3. The molecule has 2 amide bonds. The molecule has 0 bridgehead atoms. The number of aryl methyl sites for hydroxylation is 3. The molecule has 0 spiro atoms. The van der Waals surface area contributed by atoms with Crippen LogP contribution in [-0.2, 0) is 16.0 Å². The number of rotatable bonds is 6. The molecule has 0 radical (unpaired) electrons. The Morgan fingerprint density at radius 1 is 1.08 bits per heavy atom. The minimum absolute atomic E-state index is 0.154. The van der Waals surface area contributed by atoms with Crippen molar-refractivity contribution in [2.24, 2.45) is 0 Å². The summed E-state index contributed by atoms with van der Waals surface area (Å²) >= 11 is 0. The fourth-order valence-corrected chi connectivity index (χ4v) is 3.40. The summed E-state index contributed by atoms with van der Waals surface area (Å²) in [6.45, 7) is 6.11. The zero-order chi connectivity index (χ0) is 18.7. The van der Waals surface area contributed by atoms with E-state index in [9.17, 15) is 9.59 Å². The third-order valence-electron chi connectivity index (χ3n) is 4.85. The smallest absolute Gasteiger partial charge is 0.256 e. The second kappa shape index (κ2) is 7.73. The van der Waals surface area contributed by atoms with Gasteiger partial charge < -0.3 is 5.32 Å². The molecular formula is C22H26N2O2. The molecule has 0 aromatic heterocycles. The van der Waals surface area contributed by atoms with Crippen LogP contribution in [0.4, 0.5) is 11.4 Å². The summed E-state index contributed by atoms with van der Waals surface area (Å²) in [5.41, 5.74) is 4.91. The van der Waals surface area contributed by atoms with E-state index in [4.69, 9.17) is 0 Å². The lowest BCUT2D eigenvalue weighted by Crippen LogP contribution is -2.35. The van der Waals surface area contributed by atoms with Crippen LogP contribution in [0, 0.1) is 13.8 Å². The highest BCUT2D eigenvalue weighted by Gasteiger charge is 2.40. The second-order valence-corrected chi connectivity index (χ2v) is 7.06. The SMILES string of the molecule is CCCCc1ccc(NC2CC(=O)N(c3ccc(C)cc3C)C2=O)cc1. The summed E-state index contributed by atoms with van der Waals surface area (Å²) in [5, 5.41) is 3.22. The van der Waals surface area contributed by atoms with Crippen LogP contribution in [0.15, 0.2) is 42.5 Å². The van der Waals surface area contributed by atoms with Gasteiger partial charge in [-0.05, 0) is 56.0 Å². The number of unbranched alkanes of at least 4 members (excludes halogenated alkanes) is 1. The zero-order valence-electron chi connectivity index (χ0n) is 15.7. The molecule has 1 unspecified atom stereocenters. The maximum atomic E-state index is 12.8. The predicted molar refractivity (Wildman–Crippen MR) is 105 cm³/mol. The van der Waals surface area contributed by atoms with E-state index in [1.807, 2.05) is 44.2 Å². The van der Waals surface area contributed by atoms with Crippen molar-refractivity contribution in [1.82, 2.24) is 0 Å². The molecule has 2 aromatic rings. The van der Waals surface area contributed by atoms with Crippen molar-refractivity contribution >= 4 is 23.2 Å². The average Bonchev–Trinajstić information content (AvgIpc) is 2.88. The number of amides is 2. The molecule has 1 atom stereocenters. The third-order valence-corrected chi connectivity index (χ3v) is 4.85. The Morgan fingerprint density at radius 2 is 1.81 bits per heavy atom. The van der Waals surface area contributed by atoms with Crippen molar-refractivity contribution in [1.29, 1.82) is 0 Å². The Morgan fingerprint density at radius 3 is 2.46 bits per heavy atom. The number of benzene rings is 2. The predicted octanol–water partition coefficient (Wildman–Crippen LogP) is 4.39. The lowest BCUT2D eigenvalue weighted by atomic mass is 10.1. The minimum atomic E-state index is -0.510. The van der Waals surface area contributed by atoms with Gasteiger partial charge in [0.05, 0.1) is 12.1 Å². The number of imide groups is 1. The summed E-state index contributed by atoms with van der Waals surface area (Å²) in [5.74, 6) is -0.337. The van der Waals surface area contributed by atoms with E-state index in [2.05, 4.69) is 24.4 Å². The van der Waals surface area contributed by atoms with Gasteiger partial charge in [0.15, 0.2) is 0 Å². The molecule has 136 valence electrons. The van der Waals surface area contributed by atoms with Gasteiger partial charge in [-0.1, -0.05) is 43.2 Å². The summed E-state index contributed by atoms with van der Waals surface area (Å²) in [6, 6.07) is 13.4. The lowest BCUT2D eigenvalue weighted by Gasteiger charge is -2.18. The average molecular weight is 350 g/mol.